The van der Waals surface area contributed by atoms with Crippen molar-refractivity contribution in [2.75, 3.05) is 25.1 Å². The van der Waals surface area contributed by atoms with Gasteiger partial charge in [-0.2, -0.15) is 0 Å². The average molecular weight is 472 g/mol. The lowest BCUT2D eigenvalue weighted by Crippen LogP contribution is -2.27. The molecule has 1 aliphatic carbocycles. The first-order valence-electron chi connectivity index (χ1n) is 12.0. The summed E-state index contributed by atoms with van der Waals surface area (Å²) in [5, 5.41) is 0.585. The van der Waals surface area contributed by atoms with Crippen molar-refractivity contribution in [2.45, 2.75) is 76.4 Å². The van der Waals surface area contributed by atoms with Gasteiger partial charge in [-0.1, -0.05) is 37.1 Å². The Bertz CT molecular complexity index is 952. The van der Waals surface area contributed by atoms with Crippen LogP contribution in [0.2, 0.25) is 5.02 Å². The van der Waals surface area contributed by atoms with E-state index >= 15 is 0 Å². The van der Waals surface area contributed by atoms with Gasteiger partial charge in [0.1, 0.15) is 28.5 Å². The summed E-state index contributed by atoms with van der Waals surface area (Å²) in [5.41, 5.74) is 1.16. The molecule has 178 valence electrons. The lowest BCUT2D eigenvalue weighted by molar-refractivity contribution is -0.117. The first-order chi connectivity index (χ1) is 15.9. The van der Waals surface area contributed by atoms with Crippen LogP contribution in [0.3, 0.4) is 0 Å². The molecule has 2 aromatic rings. The predicted molar refractivity (Wildman–Crippen MR) is 130 cm³/mol. The molecule has 2 heterocycles. The zero-order chi connectivity index (χ0) is 23.4. The van der Waals surface area contributed by atoms with E-state index in [1.54, 1.807) is 20.2 Å². The van der Waals surface area contributed by atoms with Gasteiger partial charge in [0.15, 0.2) is 5.82 Å². The van der Waals surface area contributed by atoms with Crippen LogP contribution in [0.25, 0.3) is 0 Å². The van der Waals surface area contributed by atoms with Crippen molar-refractivity contribution >= 4 is 23.2 Å². The van der Waals surface area contributed by atoms with Crippen LogP contribution in [-0.2, 0) is 9.53 Å². The molecule has 0 bridgehead atoms. The van der Waals surface area contributed by atoms with E-state index in [-0.39, 0.29) is 23.9 Å². The van der Waals surface area contributed by atoms with Crippen molar-refractivity contribution in [3.8, 4) is 5.75 Å². The van der Waals surface area contributed by atoms with E-state index in [9.17, 15) is 4.79 Å². The Labute approximate surface area is 201 Å². The van der Waals surface area contributed by atoms with Crippen molar-refractivity contribution in [1.82, 2.24) is 9.97 Å². The van der Waals surface area contributed by atoms with Crippen LogP contribution in [-0.4, -0.2) is 48.2 Å². The molecule has 0 radical (unpaired) electrons. The third-order valence-corrected chi connectivity index (χ3v) is 7.13. The Morgan fingerprint density at radius 2 is 2.00 bits per heavy atom. The molecule has 0 spiro atoms. The number of Topliss-reactive ketones (excluding diaryl/α,β-unsaturated/α-hetero) is 1. The number of ketones is 1. The second-order valence-electron chi connectivity index (χ2n) is 9.47. The SMILES string of the molecule is COC1CCCC(c2ncc(Cl)c(N3CC[C@@H](Oc4ccc([C@H](C)CC(C)=O)cc4)C3)n2)C1. The highest BCUT2D eigenvalue weighted by Gasteiger charge is 2.29. The highest BCUT2D eigenvalue weighted by molar-refractivity contribution is 6.32. The molecule has 2 unspecified atom stereocenters. The van der Waals surface area contributed by atoms with Crippen molar-refractivity contribution in [3.63, 3.8) is 0 Å². The smallest absolute Gasteiger partial charge is 0.151 e. The molecule has 1 saturated heterocycles. The minimum atomic E-state index is 0.0764. The third kappa shape index (κ3) is 6.04. The molecular weight excluding hydrogens is 438 g/mol. The van der Waals surface area contributed by atoms with Gasteiger partial charge in [-0.15, -0.1) is 0 Å². The van der Waals surface area contributed by atoms with E-state index in [0.29, 0.717) is 17.4 Å². The van der Waals surface area contributed by atoms with Crippen LogP contribution in [0.5, 0.6) is 5.75 Å². The quantitative estimate of drug-likeness (QED) is 0.503. The molecule has 33 heavy (non-hydrogen) atoms. The van der Waals surface area contributed by atoms with E-state index in [4.69, 9.17) is 26.1 Å². The molecule has 0 N–H and O–H groups in total. The van der Waals surface area contributed by atoms with Crippen LogP contribution in [0, 0.1) is 0 Å². The Kier molecular flexibility index (Phi) is 7.86. The molecule has 1 aliphatic heterocycles. The van der Waals surface area contributed by atoms with Crippen molar-refractivity contribution in [3.05, 3.63) is 46.9 Å². The molecule has 4 rings (SSSR count). The molecule has 2 fully saturated rings. The van der Waals surface area contributed by atoms with Gasteiger partial charge < -0.3 is 19.2 Å². The fraction of sp³-hybridized carbons (Fsp3) is 0.577. The number of hydrogen-bond donors (Lipinski definition) is 0. The third-order valence-electron chi connectivity index (χ3n) is 6.86. The largest absolute Gasteiger partial charge is 0.489 e. The summed E-state index contributed by atoms with van der Waals surface area (Å²) in [7, 11) is 1.78. The van der Waals surface area contributed by atoms with Gasteiger partial charge in [0.2, 0.25) is 0 Å². The van der Waals surface area contributed by atoms with Gasteiger partial charge >= 0.3 is 0 Å². The summed E-state index contributed by atoms with van der Waals surface area (Å²) in [5.74, 6) is 3.27. The lowest BCUT2D eigenvalue weighted by Gasteiger charge is -2.28. The fourth-order valence-corrected chi connectivity index (χ4v) is 5.23. The van der Waals surface area contributed by atoms with E-state index in [1.165, 1.54) is 0 Å². The molecule has 1 aromatic carbocycles. The summed E-state index contributed by atoms with van der Waals surface area (Å²) in [6, 6.07) is 8.11. The molecule has 7 heteroatoms. The van der Waals surface area contributed by atoms with Crippen LogP contribution >= 0.6 is 11.6 Å². The average Bonchev–Trinajstić information content (AvgIpc) is 3.27. The van der Waals surface area contributed by atoms with E-state index < -0.39 is 0 Å². The number of benzene rings is 1. The maximum Gasteiger partial charge on any atom is 0.151 e. The van der Waals surface area contributed by atoms with Crippen LogP contribution < -0.4 is 9.64 Å². The molecular formula is C26H34ClN3O3. The number of anilines is 1. The van der Waals surface area contributed by atoms with Gasteiger partial charge in [0.05, 0.1) is 18.8 Å². The molecule has 1 aromatic heterocycles. The summed E-state index contributed by atoms with van der Waals surface area (Å²) in [6.45, 7) is 5.30. The van der Waals surface area contributed by atoms with Crippen LogP contribution in [0.15, 0.2) is 30.5 Å². The number of halogens is 1. The van der Waals surface area contributed by atoms with E-state index in [1.807, 2.05) is 12.1 Å². The van der Waals surface area contributed by atoms with Crippen molar-refractivity contribution < 1.29 is 14.3 Å². The zero-order valence-corrected chi connectivity index (χ0v) is 20.6. The topological polar surface area (TPSA) is 64.6 Å². The maximum atomic E-state index is 11.4. The normalized spacial score (nSPS) is 24.0. The number of ether oxygens (including phenoxy) is 2. The minimum absolute atomic E-state index is 0.0764. The second-order valence-corrected chi connectivity index (χ2v) is 9.88. The summed E-state index contributed by atoms with van der Waals surface area (Å²) in [4.78, 5) is 23.0. The second kappa shape index (κ2) is 10.8. The Morgan fingerprint density at radius 3 is 2.73 bits per heavy atom. The number of rotatable bonds is 8. The Hall–Kier alpha value is -2.18. The summed E-state index contributed by atoms with van der Waals surface area (Å²) < 4.78 is 11.8. The number of nitrogens with zero attached hydrogens (tertiary/aromatic N) is 3. The standard InChI is InChI=1S/C26H34ClN3O3/c1-17(13-18(2)31)19-7-9-21(10-8-19)33-23-11-12-30(16-23)26-24(27)15-28-25(29-26)20-5-4-6-22(14-20)32-3/h7-10,15,17,20,22-23H,4-6,11-14,16H2,1-3H3/t17-,20?,22?,23-/m1/s1. The Morgan fingerprint density at radius 1 is 1.21 bits per heavy atom. The molecule has 6 nitrogen and oxygen atoms in total. The number of carbonyl (C=O) groups is 1. The van der Waals surface area contributed by atoms with Crippen LogP contribution in [0.4, 0.5) is 5.82 Å². The number of methoxy groups -OCH3 is 1. The van der Waals surface area contributed by atoms with Crippen molar-refractivity contribution in [1.29, 1.82) is 0 Å². The van der Waals surface area contributed by atoms with Gasteiger partial charge in [0.25, 0.3) is 0 Å². The van der Waals surface area contributed by atoms with E-state index in [0.717, 1.165) is 68.1 Å². The number of aromatic nitrogens is 2. The maximum absolute atomic E-state index is 11.4. The fourth-order valence-electron chi connectivity index (χ4n) is 5.02. The van der Waals surface area contributed by atoms with Gasteiger partial charge in [-0.25, -0.2) is 9.97 Å². The summed E-state index contributed by atoms with van der Waals surface area (Å²) in [6.07, 6.45) is 7.87. The molecule has 0 amide bonds. The van der Waals surface area contributed by atoms with Gasteiger partial charge in [0, 0.05) is 32.4 Å². The first kappa shape index (κ1) is 24.0. The highest BCUT2D eigenvalue weighted by atomic mass is 35.5. The number of carbonyl (C=O) groups excluding carboxylic acids is 1. The minimum Gasteiger partial charge on any atom is -0.489 e. The lowest BCUT2D eigenvalue weighted by atomic mass is 9.86. The molecule has 2 aliphatic rings. The summed E-state index contributed by atoms with van der Waals surface area (Å²) >= 11 is 6.51. The highest BCUT2D eigenvalue weighted by Crippen LogP contribution is 2.35. The monoisotopic (exact) mass is 471 g/mol. The first-order valence-corrected chi connectivity index (χ1v) is 12.4. The van der Waals surface area contributed by atoms with Gasteiger partial charge in [-0.05, 0) is 49.8 Å². The van der Waals surface area contributed by atoms with E-state index in [2.05, 4.69) is 28.9 Å². The molecule has 4 atom stereocenters. The predicted octanol–water partition coefficient (Wildman–Crippen LogP) is 5.54. The Balaban J connectivity index is 1.38. The van der Waals surface area contributed by atoms with Gasteiger partial charge in [-0.3, -0.25) is 0 Å². The molecule has 1 saturated carbocycles. The van der Waals surface area contributed by atoms with Crippen molar-refractivity contribution in [2.24, 2.45) is 0 Å². The number of hydrogen-bond acceptors (Lipinski definition) is 6. The zero-order valence-electron chi connectivity index (χ0n) is 19.8. The van der Waals surface area contributed by atoms with Crippen LogP contribution in [0.1, 0.15) is 75.6 Å².